The van der Waals surface area contributed by atoms with Crippen LogP contribution in [0.25, 0.3) is 11.2 Å². The lowest BCUT2D eigenvalue weighted by Crippen LogP contribution is -2.42. The molecule has 1 aliphatic heterocycles. The third-order valence-electron chi connectivity index (χ3n) is 9.90. The summed E-state index contributed by atoms with van der Waals surface area (Å²) in [5, 5.41) is 51.2. The number of aromatic nitrogens is 4. The Balaban J connectivity index is 1.19. The number of nitrogens with zero attached hydrogens (tertiary/aromatic N) is 5. The number of benzene rings is 3. The van der Waals surface area contributed by atoms with Crippen molar-refractivity contribution >= 4 is 34.9 Å². The van der Waals surface area contributed by atoms with Gasteiger partial charge in [-0.25, -0.2) is 9.78 Å². The number of aliphatic hydroxyl groups excluding tert-OH is 2. The van der Waals surface area contributed by atoms with E-state index in [0.29, 0.717) is 54.7 Å². The predicted molar refractivity (Wildman–Crippen MR) is 196 cm³/mol. The fraction of sp³-hybridized carbons (Fsp3) is 0.342. The standard InChI is InChI=1S/C38H42N8O7/c1-2-31(49)42-29-18-30(34(51)33(29)50)46-21-40-32-35(39-19-28(22-8-12-25(47)13-9-22)23-10-14-26(48)15-11-23)43-37(44-36(32)46)45-17-16-24(20-45)41-38(52)53-27-6-4-3-5-7-27/h3-15,21,24,28-30,33-34,47-48,50-51H,2,16-20H2,1H3,(H,41,52)(H,42,49)(H,39,43,44)/t24-,29+,30-,33-,34+/m1/s1. The van der Waals surface area contributed by atoms with Gasteiger partial charge in [0.15, 0.2) is 17.0 Å². The highest BCUT2D eigenvalue weighted by atomic mass is 16.6. The molecule has 2 aliphatic rings. The van der Waals surface area contributed by atoms with Crippen molar-refractivity contribution in [1.29, 1.82) is 0 Å². The van der Waals surface area contributed by atoms with Crippen LogP contribution >= 0.6 is 0 Å². The second-order valence-corrected chi connectivity index (χ2v) is 13.4. The summed E-state index contributed by atoms with van der Waals surface area (Å²) in [4.78, 5) is 41.4. The number of amides is 2. The van der Waals surface area contributed by atoms with Crippen molar-refractivity contribution in [1.82, 2.24) is 30.2 Å². The summed E-state index contributed by atoms with van der Waals surface area (Å²) in [7, 11) is 0. The number of rotatable bonds is 11. The highest BCUT2D eigenvalue weighted by Crippen LogP contribution is 2.36. The molecule has 0 unspecified atom stereocenters. The summed E-state index contributed by atoms with van der Waals surface area (Å²) in [6.07, 6.45) is -0.279. The van der Waals surface area contributed by atoms with Gasteiger partial charge in [-0.3, -0.25) is 4.79 Å². The first-order valence-electron chi connectivity index (χ1n) is 17.7. The molecule has 7 rings (SSSR count). The second kappa shape index (κ2) is 15.4. The monoisotopic (exact) mass is 722 g/mol. The summed E-state index contributed by atoms with van der Waals surface area (Å²) in [6, 6.07) is 21.1. The van der Waals surface area contributed by atoms with Crippen molar-refractivity contribution in [3.05, 3.63) is 96.3 Å². The molecular weight excluding hydrogens is 680 g/mol. The smallest absolute Gasteiger partial charge is 0.412 e. The van der Waals surface area contributed by atoms with Gasteiger partial charge in [-0.15, -0.1) is 0 Å². The van der Waals surface area contributed by atoms with E-state index in [0.717, 1.165) is 11.1 Å². The number of hydrogen-bond acceptors (Lipinski definition) is 12. The maximum Gasteiger partial charge on any atom is 0.412 e. The minimum Gasteiger partial charge on any atom is -0.508 e. The van der Waals surface area contributed by atoms with Crippen LogP contribution < -0.4 is 25.6 Å². The van der Waals surface area contributed by atoms with Crippen molar-refractivity contribution < 1.29 is 34.8 Å². The van der Waals surface area contributed by atoms with Gasteiger partial charge in [-0.2, -0.15) is 9.97 Å². The largest absolute Gasteiger partial charge is 0.508 e. The predicted octanol–water partition coefficient (Wildman–Crippen LogP) is 3.41. The maximum atomic E-state index is 12.7. The Hall–Kier alpha value is -5.93. The number of phenols is 2. The highest BCUT2D eigenvalue weighted by molar-refractivity contribution is 5.85. The van der Waals surface area contributed by atoms with Crippen molar-refractivity contribution in [3.8, 4) is 17.2 Å². The molecule has 15 nitrogen and oxygen atoms in total. The van der Waals surface area contributed by atoms with Crippen LogP contribution in [0.2, 0.25) is 0 Å². The molecule has 5 atom stereocenters. The van der Waals surface area contributed by atoms with E-state index in [-0.39, 0.29) is 42.2 Å². The number of ether oxygens (including phenoxy) is 1. The summed E-state index contributed by atoms with van der Waals surface area (Å²) >= 11 is 0. The molecule has 2 aromatic heterocycles. The minimum atomic E-state index is -1.20. The maximum absolute atomic E-state index is 12.7. The van der Waals surface area contributed by atoms with E-state index in [9.17, 15) is 30.0 Å². The van der Waals surface area contributed by atoms with E-state index in [2.05, 4.69) is 20.9 Å². The van der Waals surface area contributed by atoms with Gasteiger partial charge in [-0.1, -0.05) is 49.4 Å². The number of carbonyl (C=O) groups excluding carboxylic acids is 2. The Morgan fingerprint density at radius 3 is 2.25 bits per heavy atom. The Morgan fingerprint density at radius 1 is 0.906 bits per heavy atom. The number of phenolic OH excluding ortho intramolecular Hbond substituents is 2. The zero-order chi connectivity index (χ0) is 37.1. The van der Waals surface area contributed by atoms with E-state index in [1.165, 1.54) is 0 Å². The van der Waals surface area contributed by atoms with E-state index < -0.39 is 30.4 Å². The summed E-state index contributed by atoms with van der Waals surface area (Å²) < 4.78 is 7.16. The fourth-order valence-corrected chi connectivity index (χ4v) is 7.04. The van der Waals surface area contributed by atoms with E-state index in [1.807, 2.05) is 35.2 Å². The Kier molecular flexibility index (Phi) is 10.3. The number of fused-ring (bicyclic) bond motifs is 1. The molecule has 1 saturated heterocycles. The van der Waals surface area contributed by atoms with Crippen LogP contribution in [0.5, 0.6) is 17.2 Å². The van der Waals surface area contributed by atoms with E-state index in [4.69, 9.17) is 14.7 Å². The number of aromatic hydroxyl groups is 2. The minimum absolute atomic E-state index is 0.140. The van der Waals surface area contributed by atoms with Gasteiger partial charge in [0.2, 0.25) is 11.9 Å². The topological polar surface area (TPSA) is 207 Å². The average Bonchev–Trinajstić information content (AvgIpc) is 3.88. The Morgan fingerprint density at radius 2 is 1.58 bits per heavy atom. The van der Waals surface area contributed by atoms with Crippen LogP contribution in [0, 0.1) is 0 Å². The van der Waals surface area contributed by atoms with Gasteiger partial charge >= 0.3 is 6.09 Å². The molecule has 7 N–H and O–H groups in total. The lowest BCUT2D eigenvalue weighted by molar-refractivity contribution is -0.122. The number of carbonyl (C=O) groups is 2. The van der Waals surface area contributed by atoms with Gasteiger partial charge in [0, 0.05) is 32.0 Å². The summed E-state index contributed by atoms with van der Waals surface area (Å²) in [5.74, 6) is 1.06. The first kappa shape index (κ1) is 35.5. The molecule has 5 aromatic rings. The van der Waals surface area contributed by atoms with Crippen molar-refractivity contribution in [2.75, 3.05) is 29.9 Å². The third-order valence-corrected chi connectivity index (χ3v) is 9.90. The highest BCUT2D eigenvalue weighted by Gasteiger charge is 2.44. The zero-order valence-electron chi connectivity index (χ0n) is 29.0. The summed E-state index contributed by atoms with van der Waals surface area (Å²) in [6.45, 7) is 3.01. The first-order valence-corrected chi connectivity index (χ1v) is 17.7. The average molecular weight is 723 g/mol. The van der Waals surface area contributed by atoms with Crippen molar-refractivity contribution in [2.45, 2.75) is 62.4 Å². The molecule has 1 saturated carbocycles. The fourth-order valence-electron chi connectivity index (χ4n) is 7.04. The van der Waals surface area contributed by atoms with Crippen LogP contribution in [0.4, 0.5) is 16.6 Å². The zero-order valence-corrected chi connectivity index (χ0v) is 29.0. The summed E-state index contributed by atoms with van der Waals surface area (Å²) in [5.41, 5.74) is 2.68. The Labute approximate surface area is 305 Å². The van der Waals surface area contributed by atoms with Crippen LogP contribution in [-0.4, -0.2) is 95.9 Å². The van der Waals surface area contributed by atoms with Gasteiger partial charge in [0.25, 0.3) is 0 Å². The number of anilines is 2. The van der Waals surface area contributed by atoms with Gasteiger partial charge in [0.1, 0.15) is 29.5 Å². The molecule has 15 heteroatoms. The molecule has 0 bridgehead atoms. The number of nitrogens with one attached hydrogen (secondary N) is 3. The molecule has 0 radical (unpaired) electrons. The van der Waals surface area contributed by atoms with Crippen LogP contribution in [0.1, 0.15) is 49.3 Å². The van der Waals surface area contributed by atoms with Gasteiger partial charge in [0.05, 0.1) is 24.5 Å². The first-order chi connectivity index (χ1) is 25.7. The Bertz CT molecular complexity index is 2000. The van der Waals surface area contributed by atoms with E-state index in [1.54, 1.807) is 66.3 Å². The molecule has 3 aromatic carbocycles. The molecule has 53 heavy (non-hydrogen) atoms. The lowest BCUT2D eigenvalue weighted by atomic mass is 9.91. The molecule has 1 aliphatic carbocycles. The van der Waals surface area contributed by atoms with Crippen LogP contribution in [0.15, 0.2) is 85.2 Å². The number of aliphatic hydroxyl groups is 2. The second-order valence-electron chi connectivity index (χ2n) is 13.4. The van der Waals surface area contributed by atoms with Crippen LogP contribution in [-0.2, 0) is 4.79 Å². The molecule has 2 amide bonds. The van der Waals surface area contributed by atoms with Crippen LogP contribution in [0.3, 0.4) is 0 Å². The SMILES string of the molecule is CCC(=O)N[C@H]1C[C@@H](n2cnc3c(NCC(c4ccc(O)cc4)c4ccc(O)cc4)nc(N4CC[C@@H](NC(=O)Oc5ccccc5)C4)nc32)[C@H](O)[C@@H]1O. The molecular formula is C38H42N8O7. The van der Waals surface area contributed by atoms with Gasteiger partial charge in [-0.05, 0) is 60.4 Å². The number of hydrogen-bond donors (Lipinski definition) is 7. The molecule has 3 heterocycles. The lowest BCUT2D eigenvalue weighted by Gasteiger charge is -2.22. The van der Waals surface area contributed by atoms with Crippen molar-refractivity contribution in [2.24, 2.45) is 0 Å². The van der Waals surface area contributed by atoms with Crippen molar-refractivity contribution in [3.63, 3.8) is 0 Å². The number of para-hydroxylation sites is 1. The van der Waals surface area contributed by atoms with E-state index >= 15 is 0 Å². The quantitative estimate of drug-likeness (QED) is 0.105. The molecule has 0 spiro atoms. The van der Waals surface area contributed by atoms with Gasteiger partial charge < -0.3 is 50.6 Å². The molecule has 2 fully saturated rings. The number of imidazole rings is 1. The molecule has 276 valence electrons. The normalized spacial score (nSPS) is 21.2. The third kappa shape index (κ3) is 7.80.